The number of aromatic nitrogens is 3. The standard InChI is InChI=1S/C37H42F4N6O3/c1-21-30-7-6-24(34(48)45-10-2-3-28(42)20-45)19-47(30)43-32(21)31-14-25-13-27(38)15-29(33(25)46(31)18-22-4-5-22)23-8-11-44(12-9-23)35(49)26-16-36(50,17-26)37(39,40)41/h6-7,13-15,19,22-23,26,28,50H,2-5,8-12,16-18,20,42H2,1H3. The normalized spacial score (nSPS) is 25.0. The highest BCUT2D eigenvalue weighted by molar-refractivity contribution is 5.95. The number of aliphatic hydroxyl groups is 1. The third-order valence-electron chi connectivity index (χ3n) is 11.5. The molecule has 2 saturated heterocycles. The molecule has 1 atom stereocenters. The topological polar surface area (TPSA) is 109 Å². The van der Waals surface area contributed by atoms with Gasteiger partial charge in [-0.1, -0.05) is 0 Å². The van der Waals surface area contributed by atoms with Gasteiger partial charge >= 0.3 is 6.18 Å². The summed E-state index contributed by atoms with van der Waals surface area (Å²) in [5.41, 5.74) is 9.17. The van der Waals surface area contributed by atoms with Gasteiger partial charge in [-0.05, 0) is 106 Å². The minimum atomic E-state index is -4.75. The summed E-state index contributed by atoms with van der Waals surface area (Å²) < 4.78 is 58.8. The molecule has 2 amide bonds. The maximum absolute atomic E-state index is 15.3. The second-order valence-electron chi connectivity index (χ2n) is 15.1. The molecule has 0 bridgehead atoms. The van der Waals surface area contributed by atoms with Crippen molar-refractivity contribution < 1.29 is 32.3 Å². The molecule has 2 aliphatic carbocycles. The molecule has 1 unspecified atom stereocenters. The van der Waals surface area contributed by atoms with Gasteiger partial charge in [0.2, 0.25) is 5.91 Å². The van der Waals surface area contributed by atoms with E-state index in [-0.39, 0.29) is 29.6 Å². The van der Waals surface area contributed by atoms with Gasteiger partial charge in [-0.25, -0.2) is 8.91 Å². The number of likely N-dealkylation sites (tertiary alicyclic amines) is 2. The number of carbonyl (C=O) groups is 2. The Morgan fingerprint density at radius 3 is 2.44 bits per heavy atom. The Hall–Kier alpha value is -3.97. The lowest BCUT2D eigenvalue weighted by atomic mass is 9.69. The molecule has 0 radical (unpaired) electrons. The molecule has 2 saturated carbocycles. The fraction of sp³-hybridized carbons (Fsp3) is 0.541. The first kappa shape index (κ1) is 33.2. The number of hydrogen-bond donors (Lipinski definition) is 2. The summed E-state index contributed by atoms with van der Waals surface area (Å²) in [4.78, 5) is 29.8. The number of piperidine rings is 2. The predicted molar refractivity (Wildman–Crippen MR) is 179 cm³/mol. The van der Waals surface area contributed by atoms with Crippen molar-refractivity contribution in [2.24, 2.45) is 17.6 Å². The van der Waals surface area contributed by atoms with Crippen LogP contribution in [0.5, 0.6) is 0 Å². The van der Waals surface area contributed by atoms with Gasteiger partial charge in [0, 0.05) is 61.8 Å². The average molecular weight is 695 g/mol. The van der Waals surface area contributed by atoms with Crippen LogP contribution in [0.2, 0.25) is 0 Å². The molecule has 8 rings (SSSR count). The zero-order valence-electron chi connectivity index (χ0n) is 28.1. The molecule has 4 aliphatic rings. The van der Waals surface area contributed by atoms with E-state index in [4.69, 9.17) is 10.8 Å². The molecule has 266 valence electrons. The van der Waals surface area contributed by atoms with Gasteiger partial charge in [-0.3, -0.25) is 9.59 Å². The van der Waals surface area contributed by atoms with Crippen LogP contribution in [0.1, 0.15) is 78.8 Å². The molecule has 5 heterocycles. The zero-order chi connectivity index (χ0) is 35.1. The van der Waals surface area contributed by atoms with E-state index in [2.05, 4.69) is 4.57 Å². The lowest BCUT2D eigenvalue weighted by molar-refractivity contribution is -0.296. The smallest absolute Gasteiger partial charge is 0.380 e. The number of fused-ring (bicyclic) bond motifs is 2. The largest absolute Gasteiger partial charge is 0.417 e. The highest BCUT2D eigenvalue weighted by Gasteiger charge is 2.63. The van der Waals surface area contributed by atoms with Gasteiger partial charge in [0.25, 0.3) is 5.91 Å². The van der Waals surface area contributed by atoms with Crippen LogP contribution < -0.4 is 5.73 Å². The fourth-order valence-corrected chi connectivity index (χ4v) is 8.42. The highest BCUT2D eigenvalue weighted by atomic mass is 19.4. The Bertz CT molecular complexity index is 1980. The highest BCUT2D eigenvalue weighted by Crippen LogP contribution is 2.49. The van der Waals surface area contributed by atoms with Crippen LogP contribution in [-0.2, 0) is 11.3 Å². The van der Waals surface area contributed by atoms with Crippen LogP contribution in [0.25, 0.3) is 27.8 Å². The van der Waals surface area contributed by atoms with Gasteiger partial charge in [0.1, 0.15) is 11.5 Å². The van der Waals surface area contributed by atoms with Crippen molar-refractivity contribution in [3.05, 3.63) is 59.0 Å². The lowest BCUT2D eigenvalue weighted by Crippen LogP contribution is -2.59. The van der Waals surface area contributed by atoms with E-state index >= 15 is 4.39 Å². The first-order chi connectivity index (χ1) is 23.8. The Morgan fingerprint density at radius 1 is 1.02 bits per heavy atom. The summed E-state index contributed by atoms with van der Waals surface area (Å²) in [6.45, 7) is 4.68. The van der Waals surface area contributed by atoms with E-state index in [0.29, 0.717) is 50.5 Å². The number of nitrogens with two attached hydrogens (primary N) is 1. The molecule has 3 aromatic heterocycles. The number of nitrogens with zero attached hydrogens (tertiary/aromatic N) is 5. The molecular formula is C37H42F4N6O3. The lowest BCUT2D eigenvalue weighted by Gasteiger charge is -2.45. The number of amides is 2. The van der Waals surface area contributed by atoms with Gasteiger partial charge in [0.05, 0.1) is 22.3 Å². The maximum atomic E-state index is 15.3. The van der Waals surface area contributed by atoms with Crippen molar-refractivity contribution in [2.45, 2.75) is 88.6 Å². The third kappa shape index (κ3) is 5.75. The predicted octanol–water partition coefficient (Wildman–Crippen LogP) is 5.79. The number of carbonyl (C=O) groups excluding carboxylic acids is 2. The number of benzene rings is 1. The molecule has 9 nitrogen and oxygen atoms in total. The van der Waals surface area contributed by atoms with Gasteiger partial charge in [0.15, 0.2) is 5.60 Å². The molecule has 4 aromatic rings. The van der Waals surface area contributed by atoms with Gasteiger partial charge < -0.3 is 25.2 Å². The Morgan fingerprint density at radius 2 is 1.76 bits per heavy atom. The van der Waals surface area contributed by atoms with Crippen LogP contribution in [0, 0.1) is 24.6 Å². The minimum absolute atomic E-state index is 0.0231. The average Bonchev–Trinajstić information content (AvgIpc) is 3.74. The second-order valence-corrected chi connectivity index (χ2v) is 15.1. The first-order valence-corrected chi connectivity index (χ1v) is 17.7. The van der Waals surface area contributed by atoms with Crippen LogP contribution >= 0.6 is 0 Å². The van der Waals surface area contributed by atoms with E-state index in [1.807, 2.05) is 25.1 Å². The summed E-state index contributed by atoms with van der Waals surface area (Å²) in [5, 5.41) is 15.6. The quantitative estimate of drug-likeness (QED) is 0.249. The number of pyridine rings is 1. The number of alkyl halides is 3. The Labute approximate surface area is 287 Å². The number of halogens is 4. The monoisotopic (exact) mass is 694 g/mol. The summed E-state index contributed by atoms with van der Waals surface area (Å²) >= 11 is 0. The van der Waals surface area contributed by atoms with Crippen molar-refractivity contribution >= 4 is 28.2 Å². The number of hydrogen-bond acceptors (Lipinski definition) is 5. The maximum Gasteiger partial charge on any atom is 0.417 e. The van der Waals surface area contributed by atoms with Crippen LogP contribution in [-0.4, -0.2) is 84.9 Å². The van der Waals surface area contributed by atoms with Crippen LogP contribution in [0.4, 0.5) is 17.6 Å². The molecule has 50 heavy (non-hydrogen) atoms. The molecule has 0 spiro atoms. The van der Waals surface area contributed by atoms with E-state index in [1.54, 1.807) is 32.6 Å². The van der Waals surface area contributed by atoms with Crippen molar-refractivity contribution in [3.8, 4) is 11.4 Å². The van der Waals surface area contributed by atoms with Crippen molar-refractivity contribution in [3.63, 3.8) is 0 Å². The van der Waals surface area contributed by atoms with Gasteiger partial charge in [-0.2, -0.15) is 18.3 Å². The summed E-state index contributed by atoms with van der Waals surface area (Å²) in [6, 6.07) is 8.87. The third-order valence-corrected chi connectivity index (χ3v) is 11.5. The van der Waals surface area contributed by atoms with Gasteiger partial charge in [-0.15, -0.1) is 0 Å². The summed E-state index contributed by atoms with van der Waals surface area (Å²) in [5.74, 6) is -1.17. The van der Waals surface area contributed by atoms with Crippen molar-refractivity contribution in [1.82, 2.24) is 24.0 Å². The molecule has 13 heteroatoms. The zero-order valence-corrected chi connectivity index (χ0v) is 28.1. The van der Waals surface area contributed by atoms with E-state index in [0.717, 1.165) is 71.2 Å². The number of aryl methyl sites for hydroxylation is 1. The molecule has 2 aliphatic heterocycles. The fourth-order valence-electron chi connectivity index (χ4n) is 8.42. The molecule has 3 N–H and O–H groups in total. The SMILES string of the molecule is Cc1c(-c2cc3cc(F)cc(C4CCN(C(=O)C5CC(O)(C(F)(F)F)C5)CC4)c3n2CC2CC2)nn2cc(C(=O)N3CCCC(N)C3)ccc12. The van der Waals surface area contributed by atoms with E-state index < -0.39 is 30.5 Å². The molecular weight excluding hydrogens is 652 g/mol. The van der Waals surface area contributed by atoms with E-state index in [9.17, 15) is 27.9 Å². The Kier molecular flexibility index (Phi) is 8.01. The number of rotatable bonds is 6. The summed E-state index contributed by atoms with van der Waals surface area (Å²) in [7, 11) is 0. The van der Waals surface area contributed by atoms with Crippen molar-refractivity contribution in [1.29, 1.82) is 0 Å². The van der Waals surface area contributed by atoms with Crippen LogP contribution in [0.3, 0.4) is 0 Å². The molecule has 1 aromatic carbocycles. The second kappa shape index (κ2) is 12.1. The van der Waals surface area contributed by atoms with Crippen LogP contribution in [0.15, 0.2) is 36.5 Å². The van der Waals surface area contributed by atoms with Crippen molar-refractivity contribution in [2.75, 3.05) is 26.2 Å². The minimum Gasteiger partial charge on any atom is -0.380 e. The van der Waals surface area contributed by atoms with E-state index in [1.165, 1.54) is 0 Å². The summed E-state index contributed by atoms with van der Waals surface area (Å²) in [6.07, 6.45) is 0.914. The Balaban J connectivity index is 1.09. The first-order valence-electron chi connectivity index (χ1n) is 17.7. The molecule has 4 fully saturated rings.